The summed E-state index contributed by atoms with van der Waals surface area (Å²) in [6.45, 7) is 2.17. The van der Waals surface area contributed by atoms with E-state index in [1.165, 1.54) is 24.3 Å². The molecule has 1 amide bonds. The van der Waals surface area contributed by atoms with Gasteiger partial charge in [0.25, 0.3) is 5.91 Å². The standard InChI is InChI=1S/C18H18N2O5S/c21-17(13-5-7-14(8-6-13)18(22)23)19-15-3-1-2-4-16(15)26(24)20-9-11-25-12-10-20/h1-8H,9-12H2,(H,19,21)(H,22,23). The lowest BCUT2D eigenvalue weighted by Crippen LogP contribution is -2.37. The molecule has 1 heterocycles. The number of nitrogens with one attached hydrogen (secondary N) is 1. The molecule has 0 bridgehead atoms. The van der Waals surface area contributed by atoms with Gasteiger partial charge in [-0.1, -0.05) is 12.1 Å². The lowest BCUT2D eigenvalue weighted by molar-refractivity contribution is 0.0696. The molecule has 136 valence electrons. The summed E-state index contributed by atoms with van der Waals surface area (Å²) in [4.78, 5) is 23.9. The Hall–Kier alpha value is -2.55. The van der Waals surface area contributed by atoms with Gasteiger partial charge in [0.1, 0.15) is 11.0 Å². The minimum absolute atomic E-state index is 0.107. The Morgan fingerprint density at radius 3 is 2.27 bits per heavy atom. The molecule has 2 aromatic rings. The largest absolute Gasteiger partial charge is 0.478 e. The van der Waals surface area contributed by atoms with Crippen molar-refractivity contribution in [1.29, 1.82) is 0 Å². The fourth-order valence-electron chi connectivity index (χ4n) is 2.53. The highest BCUT2D eigenvalue weighted by molar-refractivity contribution is 7.82. The molecule has 1 aliphatic rings. The second-order valence-corrected chi connectivity index (χ2v) is 7.08. The summed E-state index contributed by atoms with van der Waals surface area (Å²) in [7, 11) is -1.40. The van der Waals surface area contributed by atoms with Crippen LogP contribution < -0.4 is 5.32 Å². The number of hydrogen-bond acceptors (Lipinski definition) is 4. The molecule has 7 nitrogen and oxygen atoms in total. The number of rotatable bonds is 5. The fraction of sp³-hybridized carbons (Fsp3) is 0.222. The van der Waals surface area contributed by atoms with Gasteiger partial charge in [0.2, 0.25) is 0 Å². The molecule has 0 aliphatic carbocycles. The van der Waals surface area contributed by atoms with Crippen molar-refractivity contribution < 1.29 is 23.6 Å². The highest BCUT2D eigenvalue weighted by Gasteiger charge is 2.21. The molecule has 8 heteroatoms. The molecule has 1 fully saturated rings. The van der Waals surface area contributed by atoms with Crippen LogP contribution in [0, 0.1) is 0 Å². The molecule has 0 aromatic heterocycles. The fourth-order valence-corrected chi connectivity index (χ4v) is 3.79. The van der Waals surface area contributed by atoms with Crippen molar-refractivity contribution in [3.63, 3.8) is 0 Å². The Morgan fingerprint density at radius 2 is 1.62 bits per heavy atom. The van der Waals surface area contributed by atoms with Crippen LogP contribution >= 0.6 is 0 Å². The van der Waals surface area contributed by atoms with E-state index in [0.29, 0.717) is 42.4 Å². The lowest BCUT2D eigenvalue weighted by Gasteiger charge is -2.26. The number of hydrogen-bond donors (Lipinski definition) is 2. The van der Waals surface area contributed by atoms with Crippen molar-refractivity contribution in [2.24, 2.45) is 0 Å². The second-order valence-electron chi connectivity index (χ2n) is 5.62. The van der Waals surface area contributed by atoms with Crippen LogP contribution in [0.15, 0.2) is 53.4 Å². The van der Waals surface area contributed by atoms with E-state index in [-0.39, 0.29) is 5.56 Å². The Bertz CT molecular complexity index is 832. The number of morpholine rings is 1. The van der Waals surface area contributed by atoms with E-state index in [9.17, 15) is 13.8 Å². The van der Waals surface area contributed by atoms with Gasteiger partial charge in [-0.2, -0.15) is 0 Å². The van der Waals surface area contributed by atoms with Crippen molar-refractivity contribution in [3.05, 3.63) is 59.7 Å². The first-order valence-electron chi connectivity index (χ1n) is 8.04. The van der Waals surface area contributed by atoms with Gasteiger partial charge in [0.05, 0.1) is 29.4 Å². The van der Waals surface area contributed by atoms with Crippen LogP contribution in [0.1, 0.15) is 20.7 Å². The predicted octanol–water partition coefficient (Wildman–Crippen LogP) is 1.99. The first kappa shape index (κ1) is 18.2. The van der Waals surface area contributed by atoms with E-state index < -0.39 is 22.9 Å². The summed E-state index contributed by atoms with van der Waals surface area (Å²) < 4.78 is 19.9. The maximum absolute atomic E-state index is 12.8. The number of amides is 1. The zero-order valence-electron chi connectivity index (χ0n) is 13.9. The maximum Gasteiger partial charge on any atom is 0.335 e. The van der Waals surface area contributed by atoms with Crippen molar-refractivity contribution in [3.8, 4) is 0 Å². The van der Waals surface area contributed by atoms with Crippen LogP contribution in [0.4, 0.5) is 5.69 Å². The molecule has 2 N–H and O–H groups in total. The summed E-state index contributed by atoms with van der Waals surface area (Å²) in [5.41, 5.74) is 0.891. The molecule has 2 aromatic carbocycles. The molecule has 1 aliphatic heterocycles. The number of para-hydroxylation sites is 1. The van der Waals surface area contributed by atoms with E-state index in [0.717, 1.165) is 0 Å². The number of carboxylic acids is 1. The Labute approximate surface area is 153 Å². The van der Waals surface area contributed by atoms with Crippen molar-refractivity contribution in [2.75, 3.05) is 31.6 Å². The normalized spacial score (nSPS) is 16.0. The molecule has 26 heavy (non-hydrogen) atoms. The quantitative estimate of drug-likeness (QED) is 0.834. The van der Waals surface area contributed by atoms with Crippen molar-refractivity contribution in [1.82, 2.24) is 4.31 Å². The van der Waals surface area contributed by atoms with Gasteiger partial charge < -0.3 is 15.2 Å². The van der Waals surface area contributed by atoms with Gasteiger partial charge in [0.15, 0.2) is 0 Å². The third-order valence-electron chi connectivity index (χ3n) is 3.92. The van der Waals surface area contributed by atoms with Gasteiger partial charge >= 0.3 is 5.97 Å². The number of nitrogens with zero attached hydrogens (tertiary/aromatic N) is 1. The topological polar surface area (TPSA) is 95.9 Å². The molecular formula is C18H18N2O5S. The number of carboxylic acid groups (broad SMARTS) is 1. The van der Waals surface area contributed by atoms with Crippen LogP contribution in [0.5, 0.6) is 0 Å². The SMILES string of the molecule is O=C(O)c1ccc(C(=O)Nc2ccccc2S(=O)N2CCOCC2)cc1. The number of carbonyl (C=O) groups excluding carboxylic acids is 1. The van der Waals surface area contributed by atoms with Gasteiger partial charge in [-0.25, -0.2) is 13.3 Å². The number of aromatic carboxylic acids is 1. The van der Waals surface area contributed by atoms with E-state index >= 15 is 0 Å². The Morgan fingerprint density at radius 1 is 1.00 bits per heavy atom. The molecule has 0 spiro atoms. The molecule has 0 saturated carbocycles. The summed E-state index contributed by atoms with van der Waals surface area (Å²) in [5, 5.41) is 11.7. The van der Waals surface area contributed by atoms with Crippen LogP contribution in [0.25, 0.3) is 0 Å². The average Bonchev–Trinajstić information content (AvgIpc) is 2.68. The summed E-state index contributed by atoms with van der Waals surface area (Å²) in [6.07, 6.45) is 0. The number of ether oxygens (including phenoxy) is 1. The van der Waals surface area contributed by atoms with Gasteiger partial charge in [0, 0.05) is 18.7 Å². The predicted molar refractivity (Wildman–Crippen MR) is 96.6 cm³/mol. The molecule has 0 radical (unpaired) electrons. The third kappa shape index (κ3) is 4.16. The van der Waals surface area contributed by atoms with E-state index in [1.807, 2.05) is 0 Å². The first-order valence-corrected chi connectivity index (χ1v) is 9.15. The van der Waals surface area contributed by atoms with Gasteiger partial charge in [-0.3, -0.25) is 4.79 Å². The number of carbonyl (C=O) groups is 2. The Kier molecular flexibility index (Phi) is 5.77. The smallest absolute Gasteiger partial charge is 0.335 e. The molecular weight excluding hydrogens is 356 g/mol. The molecule has 1 atom stereocenters. The van der Waals surface area contributed by atoms with Gasteiger partial charge in [-0.15, -0.1) is 0 Å². The zero-order valence-corrected chi connectivity index (χ0v) is 14.7. The van der Waals surface area contributed by atoms with Crippen LogP contribution in [-0.2, 0) is 15.7 Å². The monoisotopic (exact) mass is 374 g/mol. The molecule has 1 saturated heterocycles. The lowest BCUT2D eigenvalue weighted by atomic mass is 10.1. The molecule has 1 unspecified atom stereocenters. The van der Waals surface area contributed by atoms with Gasteiger partial charge in [-0.05, 0) is 36.4 Å². The summed E-state index contributed by atoms with van der Waals surface area (Å²) in [6, 6.07) is 12.6. The van der Waals surface area contributed by atoms with Crippen molar-refractivity contribution in [2.45, 2.75) is 4.90 Å². The first-order chi connectivity index (χ1) is 12.6. The van der Waals surface area contributed by atoms with Crippen molar-refractivity contribution >= 4 is 28.5 Å². The zero-order chi connectivity index (χ0) is 18.5. The minimum atomic E-state index is -1.40. The summed E-state index contributed by atoms with van der Waals surface area (Å²) >= 11 is 0. The van der Waals surface area contributed by atoms with E-state index in [1.54, 1.807) is 28.6 Å². The Balaban J connectivity index is 1.78. The van der Waals surface area contributed by atoms with Crippen LogP contribution in [0.2, 0.25) is 0 Å². The van der Waals surface area contributed by atoms with E-state index in [2.05, 4.69) is 5.32 Å². The number of benzene rings is 2. The van der Waals surface area contributed by atoms with Crippen LogP contribution in [0.3, 0.4) is 0 Å². The molecule has 3 rings (SSSR count). The van der Waals surface area contributed by atoms with Crippen LogP contribution in [-0.4, -0.2) is 51.8 Å². The summed E-state index contributed by atoms with van der Waals surface area (Å²) in [5.74, 6) is -1.45. The minimum Gasteiger partial charge on any atom is -0.478 e. The number of anilines is 1. The van der Waals surface area contributed by atoms with E-state index in [4.69, 9.17) is 9.84 Å². The highest BCUT2D eigenvalue weighted by atomic mass is 32.2. The third-order valence-corrected chi connectivity index (χ3v) is 5.49. The second kappa shape index (κ2) is 8.22. The average molecular weight is 374 g/mol. The maximum atomic E-state index is 12.8. The highest BCUT2D eigenvalue weighted by Crippen LogP contribution is 2.23.